The number of nitrogens with one attached hydrogen (secondary N) is 2. The van der Waals surface area contributed by atoms with E-state index in [0.717, 1.165) is 4.88 Å². The number of nitrogens with zero attached hydrogens (tertiary/aromatic N) is 8. The first-order valence-corrected chi connectivity index (χ1v) is 22.6. The van der Waals surface area contributed by atoms with Crippen molar-refractivity contribution in [2.24, 2.45) is 5.73 Å². The Kier molecular flexibility index (Phi) is 14.0. The second-order valence-electron chi connectivity index (χ2n) is 16.1. The largest absolute Gasteiger partial charge is 0.491 e. The molecule has 0 radical (unpaired) electrons. The number of urea groups is 1. The Balaban J connectivity index is 0.886. The molecule has 63 heavy (non-hydrogen) atoms. The number of carbonyl (C=O) groups excluding carboxylic acids is 4. The minimum Gasteiger partial charge on any atom is -0.491 e. The maximum atomic E-state index is 13.5. The van der Waals surface area contributed by atoms with Crippen molar-refractivity contribution in [2.75, 3.05) is 70.1 Å². The van der Waals surface area contributed by atoms with Crippen molar-refractivity contribution in [2.45, 2.75) is 58.6 Å². The molecular formula is C41H48Cl2N12O6S2. The summed E-state index contributed by atoms with van der Waals surface area (Å²) in [4.78, 5) is 81.1. The summed E-state index contributed by atoms with van der Waals surface area (Å²) in [5.74, 6) is 0.0356. The molecule has 6 heterocycles. The summed E-state index contributed by atoms with van der Waals surface area (Å²) in [5.41, 5.74) is 13.9. The minimum atomic E-state index is -0.918. The number of halogens is 2. The molecule has 7 rings (SSSR count). The summed E-state index contributed by atoms with van der Waals surface area (Å²) in [5, 5.41) is 7.21. The van der Waals surface area contributed by atoms with Crippen molar-refractivity contribution in [1.82, 2.24) is 44.9 Å². The van der Waals surface area contributed by atoms with Crippen molar-refractivity contribution < 1.29 is 28.7 Å². The fourth-order valence-electron chi connectivity index (χ4n) is 7.22. The van der Waals surface area contributed by atoms with Gasteiger partial charge in [0.2, 0.25) is 17.8 Å². The molecule has 2 saturated heterocycles. The molecule has 6 N–H and O–H groups in total. The van der Waals surface area contributed by atoms with Gasteiger partial charge in [0.25, 0.3) is 5.91 Å². The highest BCUT2D eigenvalue weighted by atomic mass is 35.5. The topological polar surface area (TPSA) is 237 Å². The summed E-state index contributed by atoms with van der Waals surface area (Å²) < 4.78 is 12.1. The van der Waals surface area contributed by atoms with E-state index in [1.165, 1.54) is 27.6 Å². The molecule has 5 aromatic rings. The van der Waals surface area contributed by atoms with Crippen LogP contribution in [-0.2, 0) is 19.7 Å². The molecule has 0 aliphatic carbocycles. The van der Waals surface area contributed by atoms with Crippen LogP contribution in [0.25, 0.3) is 32.0 Å². The van der Waals surface area contributed by atoms with E-state index in [1.54, 1.807) is 35.4 Å². The van der Waals surface area contributed by atoms with Gasteiger partial charge >= 0.3 is 6.03 Å². The number of thiophene rings is 1. The van der Waals surface area contributed by atoms with Crippen LogP contribution in [0.15, 0.2) is 30.5 Å². The Hall–Kier alpha value is -5.25. The lowest BCUT2D eigenvalue weighted by molar-refractivity contribution is -0.139. The number of aromatic nitrogens is 5. The summed E-state index contributed by atoms with van der Waals surface area (Å²) in [7, 11) is 0. The molecule has 2 fully saturated rings. The highest BCUT2D eigenvalue weighted by molar-refractivity contribution is 7.20. The minimum absolute atomic E-state index is 0.0359. The normalized spacial score (nSPS) is 17.0. The lowest BCUT2D eigenvalue weighted by Gasteiger charge is -2.34. The molecule has 2 aliphatic rings. The Morgan fingerprint density at radius 2 is 1.76 bits per heavy atom. The lowest BCUT2D eigenvalue weighted by atomic mass is 9.95. The Labute approximate surface area is 381 Å². The number of hydrogen-bond acceptors (Lipinski definition) is 15. The molecule has 0 spiro atoms. The maximum Gasteiger partial charge on any atom is 0.324 e. The third-order valence-electron chi connectivity index (χ3n) is 10.5. The Morgan fingerprint density at radius 3 is 2.48 bits per heavy atom. The van der Waals surface area contributed by atoms with Gasteiger partial charge in [-0.1, -0.05) is 55.3 Å². The van der Waals surface area contributed by atoms with Gasteiger partial charge in [0.05, 0.1) is 43.0 Å². The van der Waals surface area contributed by atoms with Gasteiger partial charge in [-0.3, -0.25) is 24.6 Å². The van der Waals surface area contributed by atoms with Crippen LogP contribution in [0, 0.1) is 6.92 Å². The van der Waals surface area contributed by atoms with Crippen LogP contribution in [0.2, 0.25) is 10.0 Å². The standard InChI is InChI=1S/C41H48Cl2N12O6S2/c1-6-46-35(58)30-17-24-32(50-38(45)51-36(24)62-30)23-16-29(26(43)18-25(23)42)60-14-13-53-9-11-54(12-10-53)31(56)20-61-22-15-28(34(44)57)55(19-22)40(59)52-39-48-21(2)33(63-39)27-7-8-47-37(49-27)41(3,4)5/h7-8,16-18,22,28H,6,9-15,19-20H2,1-5H3,(H2,44,57)(H,46,58)(H2,45,50,51)(H,48,52,59)/t22-,28+/m0/s1. The van der Waals surface area contributed by atoms with Crippen molar-refractivity contribution in [3.63, 3.8) is 0 Å². The van der Waals surface area contributed by atoms with Gasteiger partial charge < -0.3 is 36.1 Å². The summed E-state index contributed by atoms with van der Waals surface area (Å²) in [6, 6.07) is 5.34. The molecule has 1 aromatic carbocycles. The van der Waals surface area contributed by atoms with Crippen molar-refractivity contribution in [3.05, 3.63) is 56.9 Å². The first-order valence-electron chi connectivity index (χ1n) is 20.3. The molecule has 0 bridgehead atoms. The zero-order valence-electron chi connectivity index (χ0n) is 35.4. The van der Waals surface area contributed by atoms with E-state index in [1.807, 2.05) is 34.6 Å². The third-order valence-corrected chi connectivity index (χ3v) is 13.2. The van der Waals surface area contributed by atoms with E-state index >= 15 is 0 Å². The molecule has 4 aromatic heterocycles. The Morgan fingerprint density at radius 1 is 1.00 bits per heavy atom. The zero-order chi connectivity index (χ0) is 45.2. The second-order valence-corrected chi connectivity index (χ2v) is 18.9. The monoisotopic (exact) mass is 938 g/mol. The van der Waals surface area contributed by atoms with Crippen molar-refractivity contribution in [1.29, 1.82) is 0 Å². The second kappa shape index (κ2) is 19.2. The molecule has 0 unspecified atom stereocenters. The van der Waals surface area contributed by atoms with E-state index in [-0.39, 0.29) is 42.8 Å². The quantitative estimate of drug-likeness (QED) is 0.119. The number of rotatable bonds is 13. The van der Waals surface area contributed by atoms with Gasteiger partial charge in [-0.2, -0.15) is 0 Å². The van der Waals surface area contributed by atoms with Crippen molar-refractivity contribution >= 4 is 90.9 Å². The van der Waals surface area contributed by atoms with Gasteiger partial charge in [-0.15, -0.1) is 11.3 Å². The van der Waals surface area contributed by atoms with Crippen molar-refractivity contribution in [3.8, 4) is 27.6 Å². The molecule has 2 aliphatic heterocycles. The van der Waals surface area contributed by atoms with Gasteiger partial charge in [0, 0.05) is 74.8 Å². The predicted octanol–water partition coefficient (Wildman–Crippen LogP) is 5.22. The number of anilines is 2. The predicted molar refractivity (Wildman–Crippen MR) is 243 cm³/mol. The number of thiazole rings is 1. The maximum absolute atomic E-state index is 13.5. The smallest absolute Gasteiger partial charge is 0.324 e. The van der Waals surface area contributed by atoms with Crippen LogP contribution in [0.3, 0.4) is 0 Å². The number of nitrogens with two attached hydrogens (primary N) is 2. The number of benzene rings is 1. The number of nitrogen functional groups attached to an aromatic ring is 1. The summed E-state index contributed by atoms with van der Waals surface area (Å²) >= 11 is 15.7. The van der Waals surface area contributed by atoms with Gasteiger partial charge in [-0.05, 0) is 38.1 Å². The number of amides is 5. The number of fused-ring (bicyclic) bond motifs is 1. The average Bonchev–Trinajstić information content (AvgIpc) is 3.97. The number of piperazine rings is 1. The molecular weight excluding hydrogens is 892 g/mol. The number of likely N-dealkylation sites (tertiary alicyclic amines) is 1. The number of aryl methyl sites for hydroxylation is 1. The number of primary amides is 1. The molecule has 18 nitrogen and oxygen atoms in total. The fraction of sp³-hybridized carbons (Fsp3) is 0.439. The SMILES string of the molecule is CCNC(=O)c1cc2c(-c3cc(OCCN4CCN(C(=O)CO[C@H]5C[C@H](C(N)=O)N(C(=O)Nc6nc(C)c(-c7ccnc(C(C)(C)C)n7)s6)C5)CC4)c(Cl)cc3Cl)nc(N)nc2s1. The van der Waals surface area contributed by atoms with Gasteiger partial charge in [0.1, 0.15) is 35.7 Å². The van der Waals surface area contributed by atoms with Crippen LogP contribution in [-0.4, -0.2) is 135 Å². The molecule has 2 atom stereocenters. The van der Waals surface area contributed by atoms with E-state index in [0.29, 0.717) is 110 Å². The summed E-state index contributed by atoms with van der Waals surface area (Å²) in [6.07, 6.45) is 1.29. The lowest BCUT2D eigenvalue weighted by Crippen LogP contribution is -2.50. The molecule has 5 amide bonds. The van der Waals surface area contributed by atoms with E-state index in [2.05, 4.69) is 35.5 Å². The molecule has 0 saturated carbocycles. The Bertz CT molecular complexity index is 2540. The van der Waals surface area contributed by atoms with Crippen LogP contribution in [0.5, 0.6) is 5.75 Å². The van der Waals surface area contributed by atoms with Crippen LogP contribution in [0.4, 0.5) is 15.9 Å². The van der Waals surface area contributed by atoms with Crippen LogP contribution < -0.4 is 26.8 Å². The van der Waals surface area contributed by atoms with Crippen LogP contribution in [0.1, 0.15) is 55.3 Å². The van der Waals surface area contributed by atoms with E-state index < -0.39 is 24.1 Å². The highest BCUT2D eigenvalue weighted by Crippen LogP contribution is 2.41. The number of carbonyl (C=O) groups is 4. The number of ether oxygens (including phenoxy) is 2. The van der Waals surface area contributed by atoms with Gasteiger partial charge in [0.15, 0.2) is 5.13 Å². The first kappa shape index (κ1) is 45.8. The average molecular weight is 940 g/mol. The van der Waals surface area contributed by atoms with E-state index in [4.69, 9.17) is 49.1 Å². The van der Waals surface area contributed by atoms with E-state index in [9.17, 15) is 19.2 Å². The zero-order valence-corrected chi connectivity index (χ0v) is 38.5. The van der Waals surface area contributed by atoms with Crippen LogP contribution >= 0.6 is 45.9 Å². The highest BCUT2D eigenvalue weighted by Gasteiger charge is 2.40. The number of hydrogen-bond donors (Lipinski definition) is 4. The fourth-order valence-corrected chi connectivity index (χ4v) is 9.63. The molecule has 22 heteroatoms. The summed E-state index contributed by atoms with van der Waals surface area (Å²) in [6.45, 7) is 13.1. The third kappa shape index (κ3) is 10.6. The molecule has 334 valence electrons. The van der Waals surface area contributed by atoms with Gasteiger partial charge in [-0.25, -0.2) is 29.7 Å². The first-order chi connectivity index (χ1) is 30.0.